The molecule has 1 aliphatic carbocycles. The van der Waals surface area contributed by atoms with Crippen LogP contribution in [0.2, 0.25) is 0 Å². The molecule has 2 aromatic carbocycles. The lowest BCUT2D eigenvalue weighted by Gasteiger charge is -2.29. The normalized spacial score (nSPS) is 21.2. The van der Waals surface area contributed by atoms with Gasteiger partial charge in [0, 0.05) is 30.3 Å². The summed E-state index contributed by atoms with van der Waals surface area (Å²) in [5, 5.41) is 3.22. The molecule has 0 bridgehead atoms. The summed E-state index contributed by atoms with van der Waals surface area (Å²) in [6.45, 7) is 2.60. The van der Waals surface area contributed by atoms with Crippen molar-refractivity contribution in [1.29, 1.82) is 0 Å². The van der Waals surface area contributed by atoms with Crippen LogP contribution < -0.4 is 10.2 Å². The monoisotopic (exact) mass is 376 g/mol. The van der Waals surface area contributed by atoms with Crippen LogP contribution in [-0.4, -0.2) is 24.4 Å². The van der Waals surface area contributed by atoms with E-state index in [9.17, 15) is 9.59 Å². The average molecular weight is 377 g/mol. The lowest BCUT2D eigenvalue weighted by molar-refractivity contribution is -0.118. The van der Waals surface area contributed by atoms with E-state index in [0.717, 1.165) is 49.9 Å². The number of carbonyl (C=O) groups is 2. The molecule has 2 amide bonds. The second kappa shape index (κ2) is 8.17. The Hall–Kier alpha value is -2.62. The van der Waals surface area contributed by atoms with Crippen molar-refractivity contribution in [3.8, 4) is 0 Å². The minimum absolute atomic E-state index is 0.00577. The zero-order valence-corrected chi connectivity index (χ0v) is 16.5. The first-order chi connectivity index (χ1) is 13.7. The molecule has 1 fully saturated rings. The van der Waals surface area contributed by atoms with Gasteiger partial charge in [-0.15, -0.1) is 0 Å². The fraction of sp³-hybridized carbons (Fsp3) is 0.417. The van der Waals surface area contributed by atoms with Gasteiger partial charge in [0.2, 0.25) is 5.91 Å². The lowest BCUT2D eigenvalue weighted by atomic mass is 9.81. The number of carbonyl (C=O) groups excluding carboxylic acids is 2. The number of amides is 2. The van der Waals surface area contributed by atoms with E-state index in [2.05, 4.69) is 35.6 Å². The van der Waals surface area contributed by atoms with Crippen molar-refractivity contribution in [3.63, 3.8) is 0 Å². The van der Waals surface area contributed by atoms with E-state index in [0.29, 0.717) is 17.9 Å². The Balaban J connectivity index is 1.36. The summed E-state index contributed by atoms with van der Waals surface area (Å²) in [5.41, 5.74) is 4.18. The van der Waals surface area contributed by atoms with E-state index in [1.54, 1.807) is 0 Å². The molecule has 0 unspecified atom stereocenters. The first-order valence-corrected chi connectivity index (χ1v) is 10.4. The third-order valence-electron chi connectivity index (χ3n) is 6.17. The number of rotatable bonds is 4. The molecule has 1 N–H and O–H groups in total. The van der Waals surface area contributed by atoms with Crippen LogP contribution in [0.15, 0.2) is 48.5 Å². The molecule has 1 heterocycles. The third-order valence-corrected chi connectivity index (χ3v) is 6.17. The van der Waals surface area contributed by atoms with Gasteiger partial charge < -0.3 is 10.2 Å². The van der Waals surface area contributed by atoms with Crippen molar-refractivity contribution in [2.24, 2.45) is 0 Å². The van der Waals surface area contributed by atoms with Gasteiger partial charge in [-0.25, -0.2) is 0 Å². The average Bonchev–Trinajstić information content (AvgIpc) is 3.17. The molecule has 0 radical (unpaired) electrons. The fourth-order valence-corrected chi connectivity index (χ4v) is 4.56. The Morgan fingerprint density at radius 2 is 1.79 bits per heavy atom. The largest absolute Gasteiger partial charge is 0.349 e. The van der Waals surface area contributed by atoms with Crippen LogP contribution in [0.1, 0.15) is 66.4 Å². The molecule has 2 aliphatic rings. The molecule has 0 saturated heterocycles. The molecule has 146 valence electrons. The molecule has 4 rings (SSSR count). The van der Waals surface area contributed by atoms with Crippen LogP contribution in [0.25, 0.3) is 0 Å². The number of fused-ring (bicyclic) bond motifs is 1. The summed E-state index contributed by atoms with van der Waals surface area (Å²) < 4.78 is 0. The standard InChI is InChI=1S/C24H28N2O2/c1-2-23(27)26-15-14-19-16-20(10-13-22(19)26)24(28)25-21-11-8-18(9-12-21)17-6-4-3-5-7-17/h3-7,10,13,16,18,21H,2,8-9,11-12,14-15H2,1H3,(H,25,28). The van der Waals surface area contributed by atoms with Crippen LogP contribution >= 0.6 is 0 Å². The number of hydrogen-bond donors (Lipinski definition) is 1. The maximum atomic E-state index is 12.7. The zero-order chi connectivity index (χ0) is 19.5. The van der Waals surface area contributed by atoms with E-state index < -0.39 is 0 Å². The topological polar surface area (TPSA) is 49.4 Å². The van der Waals surface area contributed by atoms with Gasteiger partial charge in [0.25, 0.3) is 5.91 Å². The molecule has 4 nitrogen and oxygen atoms in total. The minimum Gasteiger partial charge on any atom is -0.349 e. The summed E-state index contributed by atoms with van der Waals surface area (Å²) in [6.07, 6.45) is 5.61. The van der Waals surface area contributed by atoms with Crippen molar-refractivity contribution in [1.82, 2.24) is 5.32 Å². The van der Waals surface area contributed by atoms with Crippen LogP contribution in [0.5, 0.6) is 0 Å². The highest BCUT2D eigenvalue weighted by atomic mass is 16.2. The van der Waals surface area contributed by atoms with Crippen LogP contribution in [0, 0.1) is 0 Å². The third kappa shape index (κ3) is 3.82. The number of anilines is 1. The second-order valence-corrected chi connectivity index (χ2v) is 7.93. The van der Waals surface area contributed by atoms with Gasteiger partial charge in [0.15, 0.2) is 0 Å². The van der Waals surface area contributed by atoms with Gasteiger partial charge in [-0.05, 0) is 67.3 Å². The highest BCUT2D eigenvalue weighted by Gasteiger charge is 2.26. The Morgan fingerprint density at radius 1 is 1.04 bits per heavy atom. The molecule has 0 aromatic heterocycles. The molecule has 1 aliphatic heterocycles. The lowest BCUT2D eigenvalue weighted by Crippen LogP contribution is -2.37. The van der Waals surface area contributed by atoms with Gasteiger partial charge in [0.1, 0.15) is 0 Å². The quantitative estimate of drug-likeness (QED) is 0.857. The second-order valence-electron chi connectivity index (χ2n) is 7.93. The van der Waals surface area contributed by atoms with E-state index >= 15 is 0 Å². The molecule has 28 heavy (non-hydrogen) atoms. The van der Waals surface area contributed by atoms with Gasteiger partial charge in [0.05, 0.1) is 0 Å². The Labute approximate surface area is 166 Å². The number of hydrogen-bond acceptors (Lipinski definition) is 2. The number of benzene rings is 2. The van der Waals surface area contributed by atoms with E-state index in [1.807, 2.05) is 30.0 Å². The summed E-state index contributed by atoms with van der Waals surface area (Å²) in [6, 6.07) is 16.7. The highest BCUT2D eigenvalue weighted by molar-refractivity contribution is 5.98. The van der Waals surface area contributed by atoms with Gasteiger partial charge in [-0.3, -0.25) is 9.59 Å². The molecule has 0 atom stereocenters. The Kier molecular flexibility index (Phi) is 5.47. The number of nitrogens with zero attached hydrogens (tertiary/aromatic N) is 1. The summed E-state index contributed by atoms with van der Waals surface area (Å²) in [5.74, 6) is 0.758. The van der Waals surface area contributed by atoms with Crippen molar-refractivity contribution < 1.29 is 9.59 Å². The molecule has 4 heteroatoms. The zero-order valence-electron chi connectivity index (χ0n) is 16.5. The number of nitrogens with one attached hydrogen (secondary N) is 1. The molecule has 1 saturated carbocycles. The molecular weight excluding hydrogens is 348 g/mol. The van der Waals surface area contributed by atoms with Crippen LogP contribution in [-0.2, 0) is 11.2 Å². The predicted molar refractivity (Wildman–Crippen MR) is 112 cm³/mol. The smallest absolute Gasteiger partial charge is 0.251 e. The van der Waals surface area contributed by atoms with Crippen molar-refractivity contribution >= 4 is 17.5 Å². The van der Waals surface area contributed by atoms with E-state index in [-0.39, 0.29) is 17.9 Å². The molecular formula is C24H28N2O2. The van der Waals surface area contributed by atoms with Crippen molar-refractivity contribution in [2.75, 3.05) is 11.4 Å². The Bertz CT molecular complexity index is 854. The van der Waals surface area contributed by atoms with Crippen LogP contribution in [0.4, 0.5) is 5.69 Å². The molecule has 0 spiro atoms. The van der Waals surface area contributed by atoms with Gasteiger partial charge >= 0.3 is 0 Å². The fourth-order valence-electron chi connectivity index (χ4n) is 4.56. The van der Waals surface area contributed by atoms with Crippen molar-refractivity contribution in [3.05, 3.63) is 65.2 Å². The SMILES string of the molecule is CCC(=O)N1CCc2cc(C(=O)NC3CCC(c4ccccc4)CC3)ccc21. The van der Waals surface area contributed by atoms with Crippen molar-refractivity contribution in [2.45, 2.75) is 57.4 Å². The molecule has 2 aromatic rings. The summed E-state index contributed by atoms with van der Waals surface area (Å²) in [4.78, 5) is 26.6. The Morgan fingerprint density at radius 3 is 2.50 bits per heavy atom. The van der Waals surface area contributed by atoms with E-state index in [1.165, 1.54) is 5.56 Å². The summed E-state index contributed by atoms with van der Waals surface area (Å²) >= 11 is 0. The van der Waals surface area contributed by atoms with Crippen LogP contribution in [0.3, 0.4) is 0 Å². The van der Waals surface area contributed by atoms with Gasteiger partial charge in [-0.1, -0.05) is 37.3 Å². The highest BCUT2D eigenvalue weighted by Crippen LogP contribution is 2.33. The van der Waals surface area contributed by atoms with Gasteiger partial charge in [-0.2, -0.15) is 0 Å². The first-order valence-electron chi connectivity index (χ1n) is 10.4. The summed E-state index contributed by atoms with van der Waals surface area (Å²) in [7, 11) is 0. The maximum Gasteiger partial charge on any atom is 0.251 e. The van der Waals surface area contributed by atoms with E-state index in [4.69, 9.17) is 0 Å². The first kappa shape index (κ1) is 18.7. The predicted octanol–water partition coefficient (Wildman–Crippen LogP) is 4.44. The maximum absolute atomic E-state index is 12.7. The minimum atomic E-state index is 0.00577.